The van der Waals surface area contributed by atoms with Gasteiger partial charge in [-0.25, -0.2) is 8.42 Å². The van der Waals surface area contributed by atoms with Crippen molar-refractivity contribution in [3.63, 3.8) is 0 Å². The van der Waals surface area contributed by atoms with E-state index in [1.165, 1.54) is 6.20 Å². The molecule has 0 radical (unpaired) electrons. The lowest BCUT2D eigenvalue weighted by Crippen LogP contribution is -2.45. The summed E-state index contributed by atoms with van der Waals surface area (Å²) in [5.74, 6) is 0. The molecule has 2 heterocycles. The van der Waals surface area contributed by atoms with Gasteiger partial charge in [-0.3, -0.25) is 9.89 Å². The number of rotatable bonds is 2. The Morgan fingerprint density at radius 1 is 1.33 bits per heavy atom. The third kappa shape index (κ3) is 2.45. The normalized spacial score (nSPS) is 26.9. The van der Waals surface area contributed by atoms with Crippen LogP contribution >= 0.6 is 0 Å². The maximum Gasteiger partial charge on any atom is 0.215 e. The largest absolute Gasteiger partial charge is 0.304 e. The van der Waals surface area contributed by atoms with Gasteiger partial charge in [-0.2, -0.15) is 0 Å². The lowest BCUT2D eigenvalue weighted by Gasteiger charge is -2.32. The maximum atomic E-state index is 11.4. The Kier molecular flexibility index (Phi) is 2.90. The Morgan fingerprint density at radius 2 is 2.00 bits per heavy atom. The summed E-state index contributed by atoms with van der Waals surface area (Å²) in [7, 11) is -1.11. The fourth-order valence-electron chi connectivity index (χ4n) is 1.69. The van der Waals surface area contributed by atoms with Crippen LogP contribution in [0.2, 0.25) is 0 Å². The average molecular weight is 229 g/mol. The molecule has 0 saturated carbocycles. The molecule has 0 aromatic carbocycles. The van der Waals surface area contributed by atoms with Crippen molar-refractivity contribution in [1.29, 1.82) is 0 Å². The van der Waals surface area contributed by atoms with Crippen molar-refractivity contribution in [3.8, 4) is 0 Å². The van der Waals surface area contributed by atoms with Crippen LogP contribution in [0.25, 0.3) is 0 Å². The predicted molar refractivity (Wildman–Crippen MR) is 59.4 cm³/mol. The molecule has 15 heavy (non-hydrogen) atoms. The molecule has 0 N–H and O–H groups in total. The van der Waals surface area contributed by atoms with Crippen LogP contribution in [0.15, 0.2) is 16.1 Å². The minimum atomic E-state index is -3.19. The standard InChI is InChI=1S/C9H15N3O2S/c1-11-2-4-12(5-3-11)7-9-6-10-8-15(9,13)14/h6,8H,2-5,7H2,1H3. The summed E-state index contributed by atoms with van der Waals surface area (Å²) in [6.45, 7) is 4.32. The zero-order valence-electron chi connectivity index (χ0n) is 8.76. The van der Waals surface area contributed by atoms with E-state index in [-0.39, 0.29) is 0 Å². The van der Waals surface area contributed by atoms with Gasteiger partial charge in [-0.15, -0.1) is 0 Å². The quantitative estimate of drug-likeness (QED) is 0.642. The van der Waals surface area contributed by atoms with Crippen molar-refractivity contribution in [3.05, 3.63) is 11.1 Å². The van der Waals surface area contributed by atoms with Crippen molar-refractivity contribution in [1.82, 2.24) is 9.80 Å². The third-order valence-corrected chi connectivity index (χ3v) is 4.12. The zero-order valence-corrected chi connectivity index (χ0v) is 9.57. The summed E-state index contributed by atoms with van der Waals surface area (Å²) in [4.78, 5) is 8.50. The molecule has 6 heteroatoms. The highest BCUT2D eigenvalue weighted by Gasteiger charge is 2.23. The van der Waals surface area contributed by atoms with Crippen molar-refractivity contribution in [2.24, 2.45) is 4.99 Å². The topological polar surface area (TPSA) is 53.0 Å². The molecule has 0 spiro atoms. The maximum absolute atomic E-state index is 11.4. The molecule has 0 aromatic rings. The summed E-state index contributed by atoms with van der Waals surface area (Å²) < 4.78 is 22.9. The Bertz CT molecular complexity index is 392. The molecule has 0 bridgehead atoms. The minimum absolute atomic E-state index is 0.423. The molecule has 0 amide bonds. The molecule has 0 atom stereocenters. The van der Waals surface area contributed by atoms with E-state index >= 15 is 0 Å². The highest BCUT2D eigenvalue weighted by molar-refractivity contribution is 8.08. The Hall–Kier alpha value is -0.720. The van der Waals surface area contributed by atoms with Crippen LogP contribution in [0, 0.1) is 0 Å². The van der Waals surface area contributed by atoms with Gasteiger partial charge >= 0.3 is 0 Å². The van der Waals surface area contributed by atoms with E-state index in [9.17, 15) is 8.42 Å². The third-order valence-electron chi connectivity index (χ3n) is 2.76. The molecule has 2 aliphatic heterocycles. The molecule has 2 rings (SSSR count). The molecule has 0 aromatic heterocycles. The van der Waals surface area contributed by atoms with E-state index in [4.69, 9.17) is 0 Å². The van der Waals surface area contributed by atoms with Crippen LogP contribution in [-0.2, 0) is 9.84 Å². The van der Waals surface area contributed by atoms with Crippen LogP contribution in [0.5, 0.6) is 0 Å². The van der Waals surface area contributed by atoms with Gasteiger partial charge in [0.15, 0.2) is 0 Å². The first-order valence-corrected chi connectivity index (χ1v) is 6.51. The second kappa shape index (κ2) is 4.03. The average Bonchev–Trinajstić information content (AvgIpc) is 2.50. The Balaban J connectivity index is 1.94. The molecule has 5 nitrogen and oxygen atoms in total. The first kappa shape index (κ1) is 10.8. The van der Waals surface area contributed by atoms with Crippen molar-refractivity contribution in [2.75, 3.05) is 39.8 Å². The van der Waals surface area contributed by atoms with E-state index in [2.05, 4.69) is 21.8 Å². The fraction of sp³-hybridized carbons (Fsp3) is 0.667. The Labute approximate surface area is 90.0 Å². The number of piperazine rings is 1. The van der Waals surface area contributed by atoms with E-state index in [0.717, 1.165) is 31.7 Å². The van der Waals surface area contributed by atoms with Crippen molar-refractivity contribution in [2.45, 2.75) is 0 Å². The van der Waals surface area contributed by atoms with Crippen molar-refractivity contribution < 1.29 is 8.42 Å². The number of hydrogen-bond acceptors (Lipinski definition) is 5. The van der Waals surface area contributed by atoms with Gasteiger partial charge in [-0.1, -0.05) is 0 Å². The van der Waals surface area contributed by atoms with Gasteiger partial charge in [-0.05, 0) is 7.05 Å². The van der Waals surface area contributed by atoms with Crippen molar-refractivity contribution >= 4 is 15.4 Å². The number of aliphatic imine (C=N–C) groups is 1. The van der Waals surface area contributed by atoms with Gasteiger partial charge in [0, 0.05) is 38.9 Å². The molecule has 1 fully saturated rings. The summed E-state index contributed by atoms with van der Waals surface area (Å²) in [6.07, 6.45) is 1.45. The van der Waals surface area contributed by atoms with E-state index in [1.54, 1.807) is 0 Å². The van der Waals surface area contributed by atoms with Gasteiger partial charge in [0.25, 0.3) is 0 Å². The van der Waals surface area contributed by atoms with E-state index in [1.807, 2.05) is 0 Å². The van der Waals surface area contributed by atoms with Gasteiger partial charge in [0.05, 0.1) is 4.91 Å². The highest BCUT2D eigenvalue weighted by atomic mass is 32.2. The van der Waals surface area contributed by atoms with Gasteiger partial charge < -0.3 is 4.90 Å². The molecule has 1 saturated heterocycles. The Morgan fingerprint density at radius 3 is 2.53 bits per heavy atom. The molecular formula is C9H15N3O2S. The number of hydrogen-bond donors (Lipinski definition) is 0. The number of likely N-dealkylation sites (N-methyl/N-ethyl adjacent to an activating group) is 1. The second-order valence-corrected chi connectivity index (χ2v) is 5.80. The van der Waals surface area contributed by atoms with Gasteiger partial charge in [0.2, 0.25) is 9.84 Å². The summed E-state index contributed by atoms with van der Waals surface area (Å²) >= 11 is 0. The minimum Gasteiger partial charge on any atom is -0.304 e. The van der Waals surface area contributed by atoms with Crippen LogP contribution in [-0.4, -0.2) is 63.5 Å². The van der Waals surface area contributed by atoms with Crippen LogP contribution < -0.4 is 0 Å². The summed E-state index contributed by atoms with van der Waals surface area (Å²) in [5, 5.41) is 0. The van der Waals surface area contributed by atoms with Crippen LogP contribution in [0.3, 0.4) is 0 Å². The molecule has 0 aliphatic carbocycles. The molecule has 2 aliphatic rings. The SMILES string of the molecule is CN1CCN(CC2=CN=CS2(=O)=O)CC1. The fourth-order valence-corrected chi connectivity index (χ4v) is 2.62. The predicted octanol–water partition coefficient (Wildman–Crippen LogP) is -0.468. The lowest BCUT2D eigenvalue weighted by molar-refractivity contribution is 0.165. The summed E-state index contributed by atoms with van der Waals surface area (Å²) in [5.41, 5.74) is 1.03. The molecular weight excluding hydrogens is 214 g/mol. The smallest absolute Gasteiger partial charge is 0.215 e. The van der Waals surface area contributed by atoms with Gasteiger partial charge in [0.1, 0.15) is 5.55 Å². The van der Waals surface area contributed by atoms with E-state index < -0.39 is 9.84 Å². The number of nitrogens with zero attached hydrogens (tertiary/aromatic N) is 3. The van der Waals surface area contributed by atoms with Crippen LogP contribution in [0.4, 0.5) is 0 Å². The monoisotopic (exact) mass is 229 g/mol. The zero-order chi connectivity index (χ0) is 10.9. The van der Waals surface area contributed by atoms with Crippen LogP contribution in [0.1, 0.15) is 0 Å². The highest BCUT2D eigenvalue weighted by Crippen LogP contribution is 2.14. The number of sulfone groups is 1. The molecule has 84 valence electrons. The first-order chi connectivity index (χ1) is 7.08. The molecule has 0 unspecified atom stereocenters. The second-order valence-electron chi connectivity index (χ2n) is 3.97. The first-order valence-electron chi connectivity index (χ1n) is 4.96. The van der Waals surface area contributed by atoms with E-state index in [0.29, 0.717) is 11.4 Å². The summed E-state index contributed by atoms with van der Waals surface area (Å²) in [6, 6.07) is 0. The lowest BCUT2D eigenvalue weighted by atomic mass is 10.3.